The van der Waals surface area contributed by atoms with Gasteiger partial charge in [-0.25, -0.2) is 0 Å². The molecule has 74 valence electrons. The second kappa shape index (κ2) is 4.04. The highest BCUT2D eigenvalue weighted by Gasteiger charge is 2.42. The van der Waals surface area contributed by atoms with Gasteiger partial charge in [0.05, 0.1) is 0 Å². The van der Waals surface area contributed by atoms with Crippen LogP contribution in [0.3, 0.4) is 0 Å². The first-order valence-corrected chi connectivity index (χ1v) is 10.4. The van der Waals surface area contributed by atoms with Gasteiger partial charge in [0.15, 0.2) is 16.6 Å². The molecular weight excluding hydrogens is 184 g/mol. The van der Waals surface area contributed by atoms with Crippen molar-refractivity contribution in [3.8, 4) is 0 Å². The molecule has 0 unspecified atom stereocenters. The number of hydrogen-bond acceptors (Lipinski definition) is 2. The third-order valence-electron chi connectivity index (χ3n) is 3.14. The highest BCUT2D eigenvalue weighted by atomic mass is 28.4. The molecular formula is C8H22O2Si2. The molecule has 0 radical (unpaired) electrons. The van der Waals surface area contributed by atoms with Gasteiger partial charge >= 0.3 is 0 Å². The highest BCUT2D eigenvalue weighted by molar-refractivity contribution is 6.91. The third-order valence-corrected chi connectivity index (χ3v) is 13.6. The van der Waals surface area contributed by atoms with Gasteiger partial charge in [0.25, 0.3) is 0 Å². The normalized spacial score (nSPS) is 14.0. The number of rotatable bonds is 4. The average molecular weight is 206 g/mol. The minimum absolute atomic E-state index is 0.625. The van der Waals surface area contributed by atoms with Crippen molar-refractivity contribution >= 4 is 16.6 Å². The lowest BCUT2D eigenvalue weighted by molar-refractivity contribution is 0.375. The van der Waals surface area contributed by atoms with Gasteiger partial charge < -0.3 is 8.85 Å². The summed E-state index contributed by atoms with van der Waals surface area (Å²) in [6.45, 7) is 11.3. The molecule has 0 aromatic rings. The Balaban J connectivity index is 4.47. The summed E-state index contributed by atoms with van der Waals surface area (Å²) < 4.78 is 11.2. The van der Waals surface area contributed by atoms with Crippen LogP contribution in [-0.2, 0) is 8.85 Å². The SMILES string of the molecule is CO[Si](C)(C)C(C)[Si](C)(C)OC. The molecule has 0 N–H and O–H groups in total. The fourth-order valence-electron chi connectivity index (χ4n) is 1.19. The van der Waals surface area contributed by atoms with Gasteiger partial charge in [-0.1, -0.05) is 6.92 Å². The predicted octanol–water partition coefficient (Wildman–Crippen LogP) is 2.62. The lowest BCUT2D eigenvalue weighted by Crippen LogP contribution is -2.49. The van der Waals surface area contributed by atoms with E-state index < -0.39 is 16.6 Å². The summed E-state index contributed by atoms with van der Waals surface area (Å²) >= 11 is 0. The van der Waals surface area contributed by atoms with Gasteiger partial charge in [-0.05, 0) is 31.4 Å². The van der Waals surface area contributed by atoms with Crippen LogP contribution in [0.1, 0.15) is 6.92 Å². The van der Waals surface area contributed by atoms with Crippen LogP contribution in [0.25, 0.3) is 0 Å². The van der Waals surface area contributed by atoms with E-state index in [4.69, 9.17) is 8.85 Å². The molecule has 0 aromatic heterocycles. The van der Waals surface area contributed by atoms with E-state index in [0.29, 0.717) is 5.16 Å². The maximum absolute atomic E-state index is 5.58. The van der Waals surface area contributed by atoms with Crippen molar-refractivity contribution in [1.82, 2.24) is 0 Å². The molecule has 0 aromatic carbocycles. The average Bonchev–Trinajstić information content (AvgIpc) is 2.03. The molecule has 0 aliphatic rings. The zero-order valence-electron chi connectivity index (χ0n) is 9.39. The molecule has 0 saturated carbocycles. The van der Waals surface area contributed by atoms with E-state index in [2.05, 4.69) is 33.1 Å². The fraction of sp³-hybridized carbons (Fsp3) is 1.00. The van der Waals surface area contributed by atoms with E-state index in [-0.39, 0.29) is 0 Å². The summed E-state index contributed by atoms with van der Waals surface area (Å²) in [5.74, 6) is 0. The summed E-state index contributed by atoms with van der Waals surface area (Å²) in [6, 6.07) is 0. The van der Waals surface area contributed by atoms with Crippen molar-refractivity contribution in [1.29, 1.82) is 0 Å². The molecule has 0 amide bonds. The van der Waals surface area contributed by atoms with Gasteiger partial charge in [-0.15, -0.1) is 0 Å². The molecule has 0 aliphatic carbocycles. The van der Waals surface area contributed by atoms with Crippen LogP contribution < -0.4 is 0 Å². The lowest BCUT2D eigenvalue weighted by atomic mass is 10.9. The van der Waals surface area contributed by atoms with Crippen LogP contribution in [0.2, 0.25) is 31.4 Å². The van der Waals surface area contributed by atoms with E-state index in [9.17, 15) is 0 Å². The van der Waals surface area contributed by atoms with Gasteiger partial charge in [-0.3, -0.25) is 0 Å². The zero-order chi connectivity index (χ0) is 9.99. The summed E-state index contributed by atoms with van der Waals surface area (Å²) in [5, 5.41) is 0.625. The Hall–Kier alpha value is 0.354. The maximum Gasteiger partial charge on any atom is 0.188 e. The zero-order valence-corrected chi connectivity index (χ0v) is 11.4. The summed E-state index contributed by atoms with van der Waals surface area (Å²) in [7, 11) is 0.644. The lowest BCUT2D eigenvalue weighted by Gasteiger charge is -2.36. The third kappa shape index (κ3) is 2.69. The van der Waals surface area contributed by atoms with E-state index in [1.54, 1.807) is 0 Å². The number of hydrogen-bond donors (Lipinski definition) is 0. The molecule has 0 saturated heterocycles. The topological polar surface area (TPSA) is 18.5 Å². The van der Waals surface area contributed by atoms with Crippen LogP contribution in [0.4, 0.5) is 0 Å². The van der Waals surface area contributed by atoms with Gasteiger partial charge in [0.2, 0.25) is 0 Å². The highest BCUT2D eigenvalue weighted by Crippen LogP contribution is 2.31. The van der Waals surface area contributed by atoms with Crippen molar-refractivity contribution in [2.75, 3.05) is 14.2 Å². The molecule has 0 rings (SSSR count). The molecule has 0 aliphatic heterocycles. The smallest absolute Gasteiger partial charge is 0.188 e. The molecule has 0 heterocycles. The van der Waals surface area contributed by atoms with Crippen LogP contribution in [0, 0.1) is 0 Å². The largest absolute Gasteiger partial charge is 0.420 e. The monoisotopic (exact) mass is 206 g/mol. The van der Waals surface area contributed by atoms with Crippen LogP contribution in [0.15, 0.2) is 0 Å². The van der Waals surface area contributed by atoms with Crippen molar-refractivity contribution in [3.05, 3.63) is 0 Å². The molecule has 2 nitrogen and oxygen atoms in total. The van der Waals surface area contributed by atoms with E-state index >= 15 is 0 Å². The Bertz CT molecular complexity index is 130. The molecule has 4 heteroatoms. The Morgan fingerprint density at radius 1 is 0.833 bits per heavy atom. The Labute approximate surface area is 78.5 Å². The minimum Gasteiger partial charge on any atom is -0.420 e. The minimum atomic E-state index is -1.50. The van der Waals surface area contributed by atoms with E-state index in [1.807, 2.05) is 14.2 Å². The van der Waals surface area contributed by atoms with Gasteiger partial charge in [0.1, 0.15) is 0 Å². The summed E-state index contributed by atoms with van der Waals surface area (Å²) in [4.78, 5) is 0. The van der Waals surface area contributed by atoms with E-state index in [1.165, 1.54) is 0 Å². The van der Waals surface area contributed by atoms with Crippen LogP contribution in [-0.4, -0.2) is 30.9 Å². The van der Waals surface area contributed by atoms with Gasteiger partial charge in [-0.2, -0.15) is 0 Å². The first-order chi connectivity index (χ1) is 5.28. The quantitative estimate of drug-likeness (QED) is 0.658. The van der Waals surface area contributed by atoms with Crippen molar-refractivity contribution in [2.24, 2.45) is 0 Å². The summed E-state index contributed by atoms with van der Waals surface area (Å²) in [5.41, 5.74) is 0. The maximum atomic E-state index is 5.58. The molecule has 0 spiro atoms. The first kappa shape index (κ1) is 12.4. The molecule has 0 atom stereocenters. The Morgan fingerprint density at radius 3 is 1.25 bits per heavy atom. The second-order valence-corrected chi connectivity index (χ2v) is 13.9. The Morgan fingerprint density at radius 2 is 1.08 bits per heavy atom. The predicted molar refractivity (Wildman–Crippen MR) is 58.4 cm³/mol. The van der Waals surface area contributed by atoms with Crippen molar-refractivity contribution in [2.45, 2.75) is 38.3 Å². The van der Waals surface area contributed by atoms with Crippen molar-refractivity contribution in [3.63, 3.8) is 0 Å². The second-order valence-electron chi connectivity index (χ2n) is 4.34. The van der Waals surface area contributed by atoms with E-state index in [0.717, 1.165) is 0 Å². The molecule has 0 fully saturated rings. The van der Waals surface area contributed by atoms with Gasteiger partial charge in [0, 0.05) is 14.2 Å². The Kier molecular flexibility index (Phi) is 4.16. The molecule has 12 heavy (non-hydrogen) atoms. The van der Waals surface area contributed by atoms with Crippen LogP contribution in [0.5, 0.6) is 0 Å². The first-order valence-electron chi connectivity index (χ1n) is 4.38. The van der Waals surface area contributed by atoms with Crippen LogP contribution >= 0.6 is 0 Å². The fourth-order valence-corrected chi connectivity index (χ4v) is 9.30. The van der Waals surface area contributed by atoms with Crippen molar-refractivity contribution < 1.29 is 8.85 Å². The standard InChI is InChI=1S/C8H22O2Si2/c1-8(11(4,5)9-2)12(6,7)10-3/h8H,1-7H3. The molecule has 0 bridgehead atoms. The summed E-state index contributed by atoms with van der Waals surface area (Å²) in [6.07, 6.45) is 0.